The summed E-state index contributed by atoms with van der Waals surface area (Å²) in [7, 11) is 0. The second kappa shape index (κ2) is 11.7. The average molecular weight is 666 g/mol. The fraction of sp³-hybridized carbons (Fsp3) is 0.347. The van der Waals surface area contributed by atoms with Crippen LogP contribution in [0.1, 0.15) is 92.7 Å². The minimum Gasteiger partial charge on any atom is -0.490 e. The Balaban J connectivity index is 1.09. The first kappa shape index (κ1) is 30.1. The topological polar surface area (TPSA) is 12.5 Å². The monoisotopic (exact) mass is 665 g/mol. The molecule has 0 saturated heterocycles. The summed E-state index contributed by atoms with van der Waals surface area (Å²) in [5.74, 6) is 2.92. The van der Waals surface area contributed by atoms with Gasteiger partial charge in [-0.3, -0.25) is 0 Å². The Kier molecular flexibility index (Phi) is 6.93. The Hall–Kier alpha value is -4.56. The number of para-hydroxylation sites is 1. The molecule has 8 aliphatic carbocycles. The molecule has 254 valence electrons. The molecule has 1 aliphatic heterocycles. The molecule has 1 heterocycles. The van der Waals surface area contributed by atoms with Crippen molar-refractivity contribution in [1.82, 2.24) is 0 Å². The van der Waals surface area contributed by atoms with Crippen LogP contribution in [0.25, 0.3) is 0 Å². The van der Waals surface area contributed by atoms with Gasteiger partial charge in [-0.15, -0.1) is 0 Å². The maximum Gasteiger partial charge on any atom is 0.129 e. The van der Waals surface area contributed by atoms with Gasteiger partial charge in [0.15, 0.2) is 0 Å². The Bertz CT molecular complexity index is 2140. The van der Waals surface area contributed by atoms with Crippen molar-refractivity contribution in [3.05, 3.63) is 184 Å². The molecule has 2 aromatic rings. The highest BCUT2D eigenvalue weighted by Crippen LogP contribution is 2.67. The van der Waals surface area contributed by atoms with E-state index in [1.54, 1.807) is 22.3 Å². The number of hydrogen-bond donors (Lipinski definition) is 0. The van der Waals surface area contributed by atoms with Gasteiger partial charge in [0.05, 0.1) is 17.7 Å². The average Bonchev–Trinajstić information content (AvgIpc) is 3.83. The first-order valence-corrected chi connectivity index (χ1v) is 19.9. The van der Waals surface area contributed by atoms with Gasteiger partial charge >= 0.3 is 0 Å². The van der Waals surface area contributed by atoms with E-state index in [1.807, 2.05) is 0 Å². The van der Waals surface area contributed by atoms with Crippen molar-refractivity contribution in [2.75, 3.05) is 4.90 Å². The van der Waals surface area contributed by atoms with E-state index >= 15 is 0 Å². The van der Waals surface area contributed by atoms with E-state index in [4.69, 9.17) is 4.74 Å². The second-order valence-electron chi connectivity index (χ2n) is 16.2. The molecule has 51 heavy (non-hydrogen) atoms. The molecule has 2 aromatic carbocycles. The molecule has 0 fully saturated rings. The smallest absolute Gasteiger partial charge is 0.129 e. The molecule has 0 bridgehead atoms. The normalized spacial score (nSPS) is 33.5. The van der Waals surface area contributed by atoms with Gasteiger partial charge in [0.1, 0.15) is 6.10 Å². The van der Waals surface area contributed by atoms with Crippen molar-refractivity contribution < 1.29 is 4.74 Å². The Morgan fingerprint density at radius 2 is 1.59 bits per heavy atom. The van der Waals surface area contributed by atoms with Crippen LogP contribution in [-0.4, -0.2) is 12.1 Å². The van der Waals surface area contributed by atoms with Gasteiger partial charge in [0.25, 0.3) is 0 Å². The number of benzene rings is 2. The predicted octanol–water partition coefficient (Wildman–Crippen LogP) is 11.7. The van der Waals surface area contributed by atoms with Crippen LogP contribution in [0.4, 0.5) is 5.69 Å². The molecule has 0 aromatic heterocycles. The predicted molar refractivity (Wildman–Crippen MR) is 208 cm³/mol. The number of anilines is 1. The van der Waals surface area contributed by atoms with Crippen LogP contribution in [0.15, 0.2) is 167 Å². The van der Waals surface area contributed by atoms with Crippen molar-refractivity contribution in [3.63, 3.8) is 0 Å². The lowest BCUT2D eigenvalue weighted by molar-refractivity contribution is 0.153. The lowest BCUT2D eigenvalue weighted by Crippen LogP contribution is -2.43. The van der Waals surface area contributed by atoms with Crippen LogP contribution < -0.4 is 4.90 Å². The van der Waals surface area contributed by atoms with Gasteiger partial charge in [-0.25, -0.2) is 0 Å². The molecular weight excluding hydrogens is 619 g/mol. The van der Waals surface area contributed by atoms with Crippen molar-refractivity contribution >= 4 is 5.69 Å². The van der Waals surface area contributed by atoms with Crippen molar-refractivity contribution in [2.45, 2.75) is 93.6 Å². The van der Waals surface area contributed by atoms with Gasteiger partial charge in [0, 0.05) is 35.1 Å². The van der Waals surface area contributed by atoms with Gasteiger partial charge in [0.2, 0.25) is 0 Å². The number of ether oxygens (including phenoxy) is 1. The lowest BCUT2D eigenvalue weighted by atomic mass is 9.61. The number of hydrogen-bond acceptors (Lipinski definition) is 2. The number of nitrogens with zero attached hydrogens (tertiary/aromatic N) is 1. The largest absolute Gasteiger partial charge is 0.490 e. The maximum atomic E-state index is 6.79. The molecular formula is C49H47NO. The highest BCUT2D eigenvalue weighted by Gasteiger charge is 2.59. The summed E-state index contributed by atoms with van der Waals surface area (Å²) in [6.45, 7) is 0. The zero-order valence-electron chi connectivity index (χ0n) is 29.5. The van der Waals surface area contributed by atoms with E-state index in [0.717, 1.165) is 44.9 Å². The third-order valence-electron chi connectivity index (χ3n) is 13.9. The van der Waals surface area contributed by atoms with Crippen molar-refractivity contribution in [1.29, 1.82) is 0 Å². The van der Waals surface area contributed by atoms with Crippen LogP contribution in [0.5, 0.6) is 0 Å². The van der Waals surface area contributed by atoms with Crippen LogP contribution >= 0.6 is 0 Å². The van der Waals surface area contributed by atoms with E-state index in [1.165, 1.54) is 58.7 Å². The second-order valence-corrected chi connectivity index (χ2v) is 16.2. The minimum absolute atomic E-state index is 0.0980. The summed E-state index contributed by atoms with van der Waals surface area (Å²) in [5.41, 5.74) is 15.2. The molecule has 0 radical (unpaired) electrons. The number of fused-ring (bicyclic) bond motifs is 10. The third kappa shape index (κ3) is 4.29. The summed E-state index contributed by atoms with van der Waals surface area (Å²) in [4.78, 5) is 2.82. The third-order valence-corrected chi connectivity index (χ3v) is 13.9. The SMILES string of the molecule is C1=CC2OC3=C(CCCC3)C2C(N(c2ccccc2C2CC=CCC2)C2C=CC3=C(C2)C2(C4=C3C=CCC4)c3ccccc3C3C=CC=CC32)=C1. The van der Waals surface area contributed by atoms with Crippen LogP contribution in [0, 0.1) is 11.8 Å². The summed E-state index contributed by atoms with van der Waals surface area (Å²) in [6.07, 6.45) is 43.2. The quantitative estimate of drug-likeness (QED) is 0.301. The molecule has 0 amide bonds. The molecule has 7 atom stereocenters. The van der Waals surface area contributed by atoms with Gasteiger partial charge < -0.3 is 9.64 Å². The molecule has 1 spiro atoms. The summed E-state index contributed by atoms with van der Waals surface area (Å²) >= 11 is 0. The van der Waals surface area contributed by atoms with Gasteiger partial charge in [-0.1, -0.05) is 109 Å². The van der Waals surface area contributed by atoms with E-state index in [0.29, 0.717) is 17.8 Å². The zero-order valence-corrected chi connectivity index (χ0v) is 29.5. The molecule has 2 nitrogen and oxygen atoms in total. The Labute approximate surface area is 303 Å². The maximum absolute atomic E-state index is 6.79. The fourth-order valence-electron chi connectivity index (χ4n) is 11.9. The van der Waals surface area contributed by atoms with Gasteiger partial charge in [-0.2, -0.15) is 0 Å². The first-order valence-electron chi connectivity index (χ1n) is 19.9. The molecule has 0 N–H and O–H groups in total. The number of allylic oxidation sites excluding steroid dienone is 15. The molecule has 0 saturated carbocycles. The summed E-state index contributed by atoms with van der Waals surface area (Å²) in [6, 6.07) is 19.1. The standard InChI is InChI=1S/C49H47NO/c1-2-15-32(16-3-1)34-17-7-12-25-44(34)50(45-26-14-28-47-48(45)39-21-8-13-27-46(39)51-47)33-29-30-38-37-20-6-11-24-42(37)49(43(38)31-33)40-22-9-4-18-35(40)36-19-5-10-23-41(36)49/h1-2,4-7,9-10,12,14,17-20,22-23,25-26,28-30,32-33,35,40,47-48H,3,8,11,13,15-16,21,24,27,31H2. The summed E-state index contributed by atoms with van der Waals surface area (Å²) < 4.78 is 6.79. The first-order chi connectivity index (χ1) is 25.3. The van der Waals surface area contributed by atoms with Crippen molar-refractivity contribution in [2.24, 2.45) is 11.8 Å². The Morgan fingerprint density at radius 3 is 2.53 bits per heavy atom. The van der Waals surface area contributed by atoms with Crippen LogP contribution in [-0.2, 0) is 10.2 Å². The fourth-order valence-corrected chi connectivity index (χ4v) is 11.9. The molecule has 2 heteroatoms. The van der Waals surface area contributed by atoms with Crippen molar-refractivity contribution in [3.8, 4) is 0 Å². The van der Waals surface area contributed by atoms with Crippen LogP contribution in [0.2, 0.25) is 0 Å². The number of rotatable bonds is 4. The highest BCUT2D eigenvalue weighted by atomic mass is 16.5. The van der Waals surface area contributed by atoms with E-state index < -0.39 is 0 Å². The van der Waals surface area contributed by atoms with Gasteiger partial charge in [-0.05, 0) is 126 Å². The molecule has 9 aliphatic rings. The highest BCUT2D eigenvalue weighted by molar-refractivity contribution is 5.75. The minimum atomic E-state index is -0.0980. The lowest BCUT2D eigenvalue weighted by Gasteiger charge is -2.45. The Morgan fingerprint density at radius 1 is 0.725 bits per heavy atom. The molecule has 7 unspecified atom stereocenters. The zero-order chi connectivity index (χ0) is 33.5. The molecule has 11 rings (SSSR count). The van der Waals surface area contributed by atoms with E-state index in [-0.39, 0.29) is 23.5 Å². The summed E-state index contributed by atoms with van der Waals surface area (Å²) in [5, 5.41) is 0. The van der Waals surface area contributed by atoms with E-state index in [2.05, 4.69) is 132 Å². The van der Waals surface area contributed by atoms with E-state index in [9.17, 15) is 0 Å². The van der Waals surface area contributed by atoms with Crippen LogP contribution in [0.3, 0.4) is 0 Å².